The molecule has 1 unspecified atom stereocenters. The highest BCUT2D eigenvalue weighted by Crippen LogP contribution is 2.39. The maximum atomic E-state index is 6.38. The van der Waals surface area contributed by atoms with Crippen molar-refractivity contribution in [2.45, 2.75) is 45.1 Å². The van der Waals surface area contributed by atoms with E-state index in [9.17, 15) is 0 Å². The number of hydrogen-bond acceptors (Lipinski definition) is 2. The summed E-state index contributed by atoms with van der Waals surface area (Å²) >= 11 is 5.33. The van der Waals surface area contributed by atoms with E-state index < -0.39 is 0 Å². The second kappa shape index (κ2) is 5.65. The van der Waals surface area contributed by atoms with Gasteiger partial charge in [-0.2, -0.15) is 11.3 Å². The van der Waals surface area contributed by atoms with Crippen molar-refractivity contribution in [1.29, 1.82) is 0 Å². The third kappa shape index (κ3) is 2.69. The van der Waals surface area contributed by atoms with E-state index in [1.807, 2.05) is 0 Å². The second-order valence-corrected chi connectivity index (χ2v) is 6.49. The predicted octanol–water partition coefficient (Wildman–Crippen LogP) is 4.73. The monoisotopic (exact) mass is 301 g/mol. The van der Waals surface area contributed by atoms with Crippen LogP contribution in [0.4, 0.5) is 0 Å². The predicted molar refractivity (Wildman–Crippen MR) is 74.7 cm³/mol. The Kier molecular flexibility index (Phi) is 4.45. The third-order valence-corrected chi connectivity index (χ3v) is 5.73. The zero-order valence-corrected chi connectivity index (χ0v) is 12.2. The molecule has 0 aromatic carbocycles. The fourth-order valence-corrected chi connectivity index (χ4v) is 4.35. The van der Waals surface area contributed by atoms with Crippen LogP contribution in [-0.4, -0.2) is 0 Å². The Bertz CT molecular complexity index is 328. The minimum atomic E-state index is 0.235. The molecule has 2 rings (SSSR count). The van der Waals surface area contributed by atoms with Gasteiger partial charge in [-0.1, -0.05) is 26.2 Å². The molecule has 1 atom stereocenters. The first-order valence-corrected chi connectivity index (χ1v) is 7.93. The highest BCUT2D eigenvalue weighted by molar-refractivity contribution is 9.10. The highest BCUT2D eigenvalue weighted by atomic mass is 79.9. The summed E-state index contributed by atoms with van der Waals surface area (Å²) in [4.78, 5) is 0. The van der Waals surface area contributed by atoms with Crippen LogP contribution in [0, 0.1) is 11.8 Å². The van der Waals surface area contributed by atoms with E-state index in [4.69, 9.17) is 5.73 Å². The largest absolute Gasteiger partial charge is 0.324 e. The molecule has 1 aromatic rings. The minimum Gasteiger partial charge on any atom is -0.324 e. The van der Waals surface area contributed by atoms with Gasteiger partial charge < -0.3 is 5.73 Å². The van der Waals surface area contributed by atoms with Gasteiger partial charge in [-0.3, -0.25) is 0 Å². The smallest absolute Gasteiger partial charge is 0.0343 e. The van der Waals surface area contributed by atoms with Crippen LogP contribution in [0.15, 0.2) is 15.2 Å². The summed E-state index contributed by atoms with van der Waals surface area (Å²) in [6, 6.07) is 0.235. The quantitative estimate of drug-likeness (QED) is 0.858. The highest BCUT2D eigenvalue weighted by Gasteiger charge is 2.26. The summed E-state index contributed by atoms with van der Waals surface area (Å²) in [7, 11) is 0. The van der Waals surface area contributed by atoms with Gasteiger partial charge in [0.15, 0.2) is 0 Å². The fourth-order valence-electron chi connectivity index (χ4n) is 2.74. The van der Waals surface area contributed by atoms with Gasteiger partial charge in [-0.05, 0) is 51.6 Å². The molecule has 1 fully saturated rings. The lowest BCUT2D eigenvalue weighted by Gasteiger charge is -2.31. The van der Waals surface area contributed by atoms with Crippen molar-refractivity contribution in [1.82, 2.24) is 0 Å². The Morgan fingerprint density at radius 2 is 2.06 bits per heavy atom. The Balaban J connectivity index is 1.97. The van der Waals surface area contributed by atoms with Crippen LogP contribution >= 0.6 is 27.3 Å². The van der Waals surface area contributed by atoms with Crippen molar-refractivity contribution < 1.29 is 0 Å². The molecular weight excluding hydrogens is 282 g/mol. The lowest BCUT2D eigenvalue weighted by atomic mass is 9.76. The molecule has 1 aromatic heterocycles. The van der Waals surface area contributed by atoms with Gasteiger partial charge in [0.05, 0.1) is 0 Å². The maximum Gasteiger partial charge on any atom is 0.0343 e. The molecule has 90 valence electrons. The van der Waals surface area contributed by atoms with E-state index in [2.05, 4.69) is 33.6 Å². The van der Waals surface area contributed by atoms with Gasteiger partial charge in [0.2, 0.25) is 0 Å². The Morgan fingerprint density at radius 3 is 2.56 bits per heavy atom. The molecule has 1 aliphatic carbocycles. The molecule has 0 saturated heterocycles. The van der Waals surface area contributed by atoms with E-state index in [-0.39, 0.29) is 6.04 Å². The van der Waals surface area contributed by atoms with Gasteiger partial charge in [0.25, 0.3) is 0 Å². The number of hydrogen-bond donors (Lipinski definition) is 1. The van der Waals surface area contributed by atoms with Crippen molar-refractivity contribution in [2.75, 3.05) is 0 Å². The van der Waals surface area contributed by atoms with Gasteiger partial charge in [-0.25, -0.2) is 0 Å². The number of thiophene rings is 1. The van der Waals surface area contributed by atoms with E-state index in [1.165, 1.54) is 42.1 Å². The first kappa shape index (κ1) is 12.6. The van der Waals surface area contributed by atoms with Crippen molar-refractivity contribution in [3.05, 3.63) is 20.8 Å². The van der Waals surface area contributed by atoms with Crippen molar-refractivity contribution in [2.24, 2.45) is 17.6 Å². The average Bonchev–Trinajstić information content (AvgIpc) is 2.75. The molecular formula is C13H20BrNS. The van der Waals surface area contributed by atoms with Crippen LogP contribution < -0.4 is 5.73 Å². The van der Waals surface area contributed by atoms with E-state index >= 15 is 0 Å². The van der Waals surface area contributed by atoms with Gasteiger partial charge in [-0.15, -0.1) is 0 Å². The summed E-state index contributed by atoms with van der Waals surface area (Å²) in [6.45, 7) is 2.31. The number of rotatable bonds is 3. The van der Waals surface area contributed by atoms with E-state index in [0.717, 1.165) is 5.92 Å². The van der Waals surface area contributed by atoms with Crippen LogP contribution in [-0.2, 0) is 0 Å². The van der Waals surface area contributed by atoms with Gasteiger partial charge in [0.1, 0.15) is 0 Å². The van der Waals surface area contributed by atoms with Crippen LogP contribution in [0.3, 0.4) is 0 Å². The summed E-state index contributed by atoms with van der Waals surface area (Å²) in [5, 5.41) is 4.33. The minimum absolute atomic E-state index is 0.235. The Hall–Kier alpha value is 0.140. The van der Waals surface area contributed by atoms with E-state index in [1.54, 1.807) is 11.3 Å². The molecule has 0 amide bonds. The summed E-state index contributed by atoms with van der Waals surface area (Å²) in [5.41, 5.74) is 7.69. The van der Waals surface area contributed by atoms with Gasteiger partial charge >= 0.3 is 0 Å². The normalized spacial score (nSPS) is 27.9. The molecule has 1 heterocycles. The zero-order chi connectivity index (χ0) is 11.5. The Labute approximate surface area is 111 Å². The Morgan fingerprint density at radius 1 is 1.38 bits per heavy atom. The van der Waals surface area contributed by atoms with E-state index in [0.29, 0.717) is 5.92 Å². The molecule has 1 aliphatic rings. The lowest BCUT2D eigenvalue weighted by molar-refractivity contribution is 0.240. The first-order chi connectivity index (χ1) is 7.72. The van der Waals surface area contributed by atoms with Crippen LogP contribution in [0.2, 0.25) is 0 Å². The number of nitrogens with two attached hydrogens (primary N) is 1. The molecule has 16 heavy (non-hydrogen) atoms. The zero-order valence-electron chi connectivity index (χ0n) is 9.79. The van der Waals surface area contributed by atoms with Crippen LogP contribution in [0.1, 0.15) is 50.6 Å². The fraction of sp³-hybridized carbons (Fsp3) is 0.692. The van der Waals surface area contributed by atoms with Crippen LogP contribution in [0.5, 0.6) is 0 Å². The lowest BCUT2D eigenvalue weighted by Crippen LogP contribution is -2.25. The van der Waals surface area contributed by atoms with Crippen molar-refractivity contribution in [3.8, 4) is 0 Å². The second-order valence-electron chi connectivity index (χ2n) is 4.89. The summed E-state index contributed by atoms with van der Waals surface area (Å²) in [5.74, 6) is 1.64. The molecule has 1 nitrogen and oxygen atoms in total. The summed E-state index contributed by atoms with van der Waals surface area (Å²) < 4.78 is 1.20. The SMILES string of the molecule is CCC1CCC(C(N)c2cscc2Br)CC1. The molecule has 1 saturated carbocycles. The number of halogens is 1. The molecule has 3 heteroatoms. The molecule has 0 spiro atoms. The maximum absolute atomic E-state index is 6.38. The summed E-state index contributed by atoms with van der Waals surface area (Å²) in [6.07, 6.45) is 6.70. The molecule has 0 bridgehead atoms. The van der Waals surface area contributed by atoms with Crippen LogP contribution in [0.25, 0.3) is 0 Å². The molecule has 0 aliphatic heterocycles. The van der Waals surface area contributed by atoms with Crippen molar-refractivity contribution >= 4 is 27.3 Å². The van der Waals surface area contributed by atoms with Crippen molar-refractivity contribution in [3.63, 3.8) is 0 Å². The topological polar surface area (TPSA) is 26.0 Å². The molecule has 2 N–H and O–H groups in total. The standard InChI is InChI=1S/C13H20BrNS/c1-2-9-3-5-10(6-4-9)13(15)11-7-16-8-12(11)14/h7-10,13H,2-6,15H2,1H3. The first-order valence-electron chi connectivity index (χ1n) is 6.19. The average molecular weight is 302 g/mol. The molecule has 0 radical (unpaired) electrons. The van der Waals surface area contributed by atoms with Gasteiger partial charge in [0, 0.05) is 15.9 Å². The third-order valence-electron chi connectivity index (χ3n) is 3.98.